The minimum atomic E-state index is -0.167. The minimum Gasteiger partial charge on any atom is -0.397 e. The van der Waals surface area contributed by atoms with Gasteiger partial charge >= 0.3 is 0 Å². The van der Waals surface area contributed by atoms with E-state index in [1.54, 1.807) is 12.1 Å². The summed E-state index contributed by atoms with van der Waals surface area (Å²) in [6.07, 6.45) is 5.05. The highest BCUT2D eigenvalue weighted by Crippen LogP contribution is 2.40. The van der Waals surface area contributed by atoms with Crippen LogP contribution in [0.3, 0.4) is 0 Å². The van der Waals surface area contributed by atoms with E-state index in [1.165, 1.54) is 17.5 Å². The molecule has 35 heavy (non-hydrogen) atoms. The standard InChI is InChI=1S/C28H30N6O/c29-25-10-4-5-11-26(25)31-28(35)22-14-12-20(13-15-22)7-6-16-34-19-23(32-33-34)18-30-27-17-24(27)21-8-2-1-3-9-21/h1-5,8-15,19,24,27,30H,6-7,16-18,29H2,(H,31,35). The number of aryl methyl sites for hydroxylation is 2. The van der Waals surface area contributed by atoms with Gasteiger partial charge in [-0.25, -0.2) is 0 Å². The van der Waals surface area contributed by atoms with Crippen molar-refractivity contribution in [3.63, 3.8) is 0 Å². The van der Waals surface area contributed by atoms with Gasteiger partial charge in [0.25, 0.3) is 5.91 Å². The lowest BCUT2D eigenvalue weighted by atomic mass is 10.1. The summed E-state index contributed by atoms with van der Waals surface area (Å²) >= 11 is 0. The number of nitrogen functional groups attached to an aromatic ring is 1. The summed E-state index contributed by atoms with van der Waals surface area (Å²) in [7, 11) is 0. The molecule has 7 heteroatoms. The summed E-state index contributed by atoms with van der Waals surface area (Å²) in [5, 5.41) is 15.0. The van der Waals surface area contributed by atoms with Crippen molar-refractivity contribution in [1.82, 2.24) is 20.3 Å². The second kappa shape index (κ2) is 10.5. The fourth-order valence-corrected chi connectivity index (χ4v) is 4.33. The maximum atomic E-state index is 12.5. The number of hydrogen-bond donors (Lipinski definition) is 3. The largest absolute Gasteiger partial charge is 0.397 e. The Morgan fingerprint density at radius 3 is 2.57 bits per heavy atom. The molecule has 2 unspecified atom stereocenters. The molecule has 5 rings (SSSR count). The highest BCUT2D eigenvalue weighted by Gasteiger charge is 2.37. The summed E-state index contributed by atoms with van der Waals surface area (Å²) < 4.78 is 1.91. The van der Waals surface area contributed by atoms with Crippen molar-refractivity contribution in [2.45, 2.75) is 44.3 Å². The molecule has 0 bridgehead atoms. The number of anilines is 2. The third-order valence-electron chi connectivity index (χ3n) is 6.43. The molecule has 1 aromatic heterocycles. The van der Waals surface area contributed by atoms with Crippen molar-refractivity contribution >= 4 is 17.3 Å². The van der Waals surface area contributed by atoms with Gasteiger partial charge in [0.2, 0.25) is 0 Å². The first-order chi connectivity index (χ1) is 17.2. The maximum Gasteiger partial charge on any atom is 0.255 e. The number of rotatable bonds is 10. The fourth-order valence-electron chi connectivity index (χ4n) is 4.33. The number of carbonyl (C=O) groups excluding carboxylic acids is 1. The van der Waals surface area contributed by atoms with Gasteiger partial charge in [-0.3, -0.25) is 9.48 Å². The molecule has 1 aliphatic rings. The molecule has 0 aliphatic heterocycles. The molecule has 1 fully saturated rings. The van der Waals surface area contributed by atoms with Gasteiger partial charge in [0.05, 0.1) is 17.1 Å². The minimum absolute atomic E-state index is 0.167. The zero-order chi connectivity index (χ0) is 24.0. The lowest BCUT2D eigenvalue weighted by Crippen LogP contribution is -2.17. The number of hydrogen-bond acceptors (Lipinski definition) is 5. The summed E-state index contributed by atoms with van der Waals surface area (Å²) in [6, 6.07) is 26.1. The second-order valence-electron chi connectivity index (χ2n) is 9.06. The van der Waals surface area contributed by atoms with E-state index in [4.69, 9.17) is 5.73 Å². The Morgan fingerprint density at radius 1 is 1.00 bits per heavy atom. The third kappa shape index (κ3) is 5.94. The Morgan fingerprint density at radius 2 is 1.77 bits per heavy atom. The van der Waals surface area contributed by atoms with Crippen molar-refractivity contribution < 1.29 is 4.79 Å². The van der Waals surface area contributed by atoms with Crippen molar-refractivity contribution in [1.29, 1.82) is 0 Å². The topological polar surface area (TPSA) is 97.9 Å². The van der Waals surface area contributed by atoms with Crippen LogP contribution in [0.1, 0.15) is 45.9 Å². The summed E-state index contributed by atoms with van der Waals surface area (Å²) in [6.45, 7) is 1.55. The summed E-state index contributed by atoms with van der Waals surface area (Å²) in [4.78, 5) is 12.5. The van der Waals surface area contributed by atoms with Crippen LogP contribution >= 0.6 is 0 Å². The molecule has 178 valence electrons. The summed E-state index contributed by atoms with van der Waals surface area (Å²) in [5.74, 6) is 0.444. The number of para-hydroxylation sites is 2. The first-order valence-electron chi connectivity index (χ1n) is 12.1. The Hall–Kier alpha value is -3.97. The number of aromatic nitrogens is 3. The molecule has 2 atom stereocenters. The Labute approximate surface area is 205 Å². The molecule has 3 aromatic carbocycles. The Bertz CT molecular complexity index is 1270. The third-order valence-corrected chi connectivity index (χ3v) is 6.43. The van der Waals surface area contributed by atoms with Crippen molar-refractivity contribution in [3.05, 3.63) is 107 Å². The van der Waals surface area contributed by atoms with Crippen LogP contribution in [0.5, 0.6) is 0 Å². The van der Waals surface area contributed by atoms with Crippen LogP contribution in [0.25, 0.3) is 0 Å². The van der Waals surface area contributed by atoms with Gasteiger partial charge in [0.1, 0.15) is 0 Å². The van der Waals surface area contributed by atoms with Crippen LogP contribution < -0.4 is 16.4 Å². The first-order valence-corrected chi connectivity index (χ1v) is 12.1. The molecular weight excluding hydrogens is 436 g/mol. The molecule has 1 aliphatic carbocycles. The van der Waals surface area contributed by atoms with Gasteiger partial charge in [-0.15, -0.1) is 5.10 Å². The van der Waals surface area contributed by atoms with Crippen LogP contribution in [0, 0.1) is 0 Å². The molecule has 1 heterocycles. The van der Waals surface area contributed by atoms with Gasteiger partial charge in [0.15, 0.2) is 0 Å². The first kappa shape index (κ1) is 22.8. The van der Waals surface area contributed by atoms with Crippen LogP contribution in [0.15, 0.2) is 85.1 Å². The van der Waals surface area contributed by atoms with E-state index in [9.17, 15) is 4.79 Å². The number of nitrogens with two attached hydrogens (primary N) is 1. The number of nitrogens with zero attached hydrogens (tertiary/aromatic N) is 3. The van der Waals surface area contributed by atoms with Gasteiger partial charge in [0, 0.05) is 36.8 Å². The second-order valence-corrected chi connectivity index (χ2v) is 9.06. The van der Waals surface area contributed by atoms with Gasteiger partial charge < -0.3 is 16.4 Å². The maximum absolute atomic E-state index is 12.5. The molecule has 4 aromatic rings. The average molecular weight is 467 g/mol. The predicted octanol–water partition coefficient (Wildman–Crippen LogP) is 4.39. The highest BCUT2D eigenvalue weighted by molar-refractivity contribution is 6.05. The zero-order valence-electron chi connectivity index (χ0n) is 19.6. The number of carbonyl (C=O) groups is 1. The number of benzene rings is 3. The Balaban J connectivity index is 1.04. The number of amides is 1. The molecular formula is C28H30N6O. The summed E-state index contributed by atoms with van der Waals surface area (Å²) in [5.41, 5.74) is 11.2. The van der Waals surface area contributed by atoms with E-state index >= 15 is 0 Å². The Kier molecular flexibility index (Phi) is 6.86. The molecule has 0 radical (unpaired) electrons. The monoisotopic (exact) mass is 466 g/mol. The van der Waals surface area contributed by atoms with E-state index in [0.29, 0.717) is 28.9 Å². The van der Waals surface area contributed by atoms with E-state index in [1.807, 2.05) is 47.3 Å². The van der Waals surface area contributed by atoms with Crippen LogP contribution in [0.2, 0.25) is 0 Å². The van der Waals surface area contributed by atoms with Gasteiger partial charge in [-0.1, -0.05) is 59.8 Å². The lowest BCUT2D eigenvalue weighted by molar-refractivity contribution is 0.102. The van der Waals surface area contributed by atoms with Crippen LogP contribution in [-0.4, -0.2) is 26.9 Å². The molecule has 0 saturated heterocycles. The quantitative estimate of drug-likeness (QED) is 0.301. The van der Waals surface area contributed by atoms with E-state index in [2.05, 4.69) is 51.3 Å². The number of nitrogens with one attached hydrogen (secondary N) is 2. The van der Waals surface area contributed by atoms with Gasteiger partial charge in [-0.2, -0.15) is 0 Å². The average Bonchev–Trinajstić information content (AvgIpc) is 3.54. The van der Waals surface area contributed by atoms with Crippen LogP contribution in [0.4, 0.5) is 11.4 Å². The SMILES string of the molecule is Nc1ccccc1NC(=O)c1ccc(CCCn2cc(CNC3CC3c3ccccc3)nn2)cc1. The smallest absolute Gasteiger partial charge is 0.255 e. The molecule has 1 saturated carbocycles. The molecule has 7 nitrogen and oxygen atoms in total. The van der Waals surface area contributed by atoms with Crippen molar-refractivity contribution in [2.75, 3.05) is 11.1 Å². The lowest BCUT2D eigenvalue weighted by Gasteiger charge is -2.08. The van der Waals surface area contributed by atoms with Crippen molar-refractivity contribution in [3.8, 4) is 0 Å². The van der Waals surface area contributed by atoms with Gasteiger partial charge in [-0.05, 0) is 54.7 Å². The normalized spacial score (nSPS) is 16.7. The molecule has 0 spiro atoms. The van der Waals surface area contributed by atoms with E-state index in [-0.39, 0.29) is 5.91 Å². The fraction of sp³-hybridized carbons (Fsp3) is 0.250. The zero-order valence-corrected chi connectivity index (χ0v) is 19.6. The van der Waals surface area contributed by atoms with E-state index < -0.39 is 0 Å². The highest BCUT2D eigenvalue weighted by atomic mass is 16.1. The predicted molar refractivity (Wildman–Crippen MR) is 138 cm³/mol. The molecule has 1 amide bonds. The molecule has 4 N–H and O–H groups in total. The van der Waals surface area contributed by atoms with Crippen molar-refractivity contribution in [2.24, 2.45) is 0 Å². The van der Waals surface area contributed by atoms with Crippen LogP contribution in [-0.2, 0) is 19.5 Å². The van der Waals surface area contributed by atoms with E-state index in [0.717, 1.165) is 31.6 Å².